The van der Waals surface area contributed by atoms with Crippen molar-refractivity contribution < 1.29 is 28.6 Å². The predicted octanol–water partition coefficient (Wildman–Crippen LogP) is 2.58. The zero-order chi connectivity index (χ0) is 18.0. The normalized spacial score (nSPS) is 18.7. The van der Waals surface area contributed by atoms with E-state index in [-0.39, 0.29) is 12.2 Å². The molecule has 0 saturated heterocycles. The van der Waals surface area contributed by atoms with Crippen molar-refractivity contribution in [1.29, 1.82) is 0 Å². The van der Waals surface area contributed by atoms with Crippen LogP contribution in [0.4, 0.5) is 0 Å². The van der Waals surface area contributed by atoms with Crippen molar-refractivity contribution in [3.8, 4) is 11.5 Å². The Morgan fingerprint density at radius 3 is 2.68 bits per heavy atom. The summed E-state index contributed by atoms with van der Waals surface area (Å²) >= 11 is 0. The van der Waals surface area contributed by atoms with Gasteiger partial charge in [-0.1, -0.05) is 18.2 Å². The Morgan fingerprint density at radius 1 is 1.20 bits per heavy atom. The average Bonchev–Trinajstić information content (AvgIpc) is 2.61. The Labute approximate surface area is 144 Å². The molecule has 6 heteroatoms. The molecule has 0 N–H and O–H groups in total. The maximum atomic E-state index is 12.7. The van der Waals surface area contributed by atoms with Crippen molar-refractivity contribution in [2.75, 3.05) is 7.11 Å². The van der Waals surface area contributed by atoms with Gasteiger partial charge in [0.2, 0.25) is 5.60 Å². The van der Waals surface area contributed by atoms with Gasteiger partial charge in [0.15, 0.2) is 11.5 Å². The second-order valence-electron chi connectivity index (χ2n) is 5.87. The highest BCUT2D eigenvalue weighted by Crippen LogP contribution is 2.33. The Hall–Kier alpha value is -3.15. The van der Waals surface area contributed by atoms with E-state index in [9.17, 15) is 14.4 Å². The number of hydrogen-bond donors (Lipinski definition) is 0. The summed E-state index contributed by atoms with van der Waals surface area (Å²) in [6, 6.07) is 11.4. The molecule has 3 rings (SSSR count). The van der Waals surface area contributed by atoms with Gasteiger partial charge in [0, 0.05) is 12.0 Å². The molecule has 0 amide bonds. The van der Waals surface area contributed by atoms with E-state index in [0.717, 1.165) is 0 Å². The van der Waals surface area contributed by atoms with E-state index in [1.54, 1.807) is 30.3 Å². The summed E-state index contributed by atoms with van der Waals surface area (Å²) in [5.41, 5.74) is 0.0213. The standard InChI is InChI=1S/C19H16O6/c1-19(10-13-5-3-4-6-14(13)17(21)25-19)18(22)24-16-9-12(11-20)7-8-15(16)23-2/h3-9,11H,10H2,1-2H3/t19-/m1/s1. The molecule has 2 aromatic carbocycles. The molecule has 0 aliphatic carbocycles. The van der Waals surface area contributed by atoms with Crippen LogP contribution in [0.25, 0.3) is 0 Å². The van der Waals surface area contributed by atoms with Gasteiger partial charge in [0.1, 0.15) is 6.29 Å². The van der Waals surface area contributed by atoms with Crippen molar-refractivity contribution in [3.63, 3.8) is 0 Å². The summed E-state index contributed by atoms with van der Waals surface area (Å²) in [4.78, 5) is 35.8. The first-order valence-electron chi connectivity index (χ1n) is 7.63. The molecule has 0 unspecified atom stereocenters. The van der Waals surface area contributed by atoms with Gasteiger partial charge in [-0.3, -0.25) is 4.79 Å². The van der Waals surface area contributed by atoms with Crippen LogP contribution < -0.4 is 9.47 Å². The van der Waals surface area contributed by atoms with Gasteiger partial charge >= 0.3 is 11.9 Å². The third-order valence-corrected chi connectivity index (χ3v) is 4.04. The molecule has 0 bridgehead atoms. The van der Waals surface area contributed by atoms with E-state index in [0.29, 0.717) is 28.7 Å². The van der Waals surface area contributed by atoms with E-state index in [2.05, 4.69) is 0 Å². The maximum Gasteiger partial charge on any atom is 0.356 e. The summed E-state index contributed by atoms with van der Waals surface area (Å²) in [6.45, 7) is 1.50. The second kappa shape index (κ2) is 6.39. The SMILES string of the molecule is COc1ccc(C=O)cc1OC(=O)[C@@]1(C)Cc2ccccc2C(=O)O1. The summed E-state index contributed by atoms with van der Waals surface area (Å²) in [6.07, 6.45) is 0.832. The Kier molecular flexibility index (Phi) is 4.27. The summed E-state index contributed by atoms with van der Waals surface area (Å²) in [5, 5.41) is 0. The molecule has 1 heterocycles. The second-order valence-corrected chi connectivity index (χ2v) is 5.87. The van der Waals surface area contributed by atoms with Crippen LogP contribution >= 0.6 is 0 Å². The first-order chi connectivity index (χ1) is 12.0. The van der Waals surface area contributed by atoms with E-state index in [1.807, 2.05) is 0 Å². The Balaban J connectivity index is 1.89. The molecule has 1 atom stereocenters. The third-order valence-electron chi connectivity index (χ3n) is 4.04. The molecule has 0 fully saturated rings. The summed E-state index contributed by atoms with van der Waals surface area (Å²) < 4.78 is 15.9. The molecule has 25 heavy (non-hydrogen) atoms. The van der Waals surface area contributed by atoms with Crippen LogP contribution in [0.2, 0.25) is 0 Å². The number of hydrogen-bond acceptors (Lipinski definition) is 6. The van der Waals surface area contributed by atoms with Crippen molar-refractivity contribution in [3.05, 3.63) is 59.2 Å². The molecule has 6 nitrogen and oxygen atoms in total. The van der Waals surface area contributed by atoms with E-state index >= 15 is 0 Å². The number of fused-ring (bicyclic) bond motifs is 1. The number of carbonyl (C=O) groups excluding carboxylic acids is 3. The molecule has 0 radical (unpaired) electrons. The van der Waals surface area contributed by atoms with Gasteiger partial charge in [-0.15, -0.1) is 0 Å². The largest absolute Gasteiger partial charge is 0.493 e. The number of methoxy groups -OCH3 is 1. The number of carbonyl (C=O) groups is 3. The number of cyclic esters (lactones) is 1. The minimum atomic E-state index is -1.46. The highest BCUT2D eigenvalue weighted by Gasteiger charge is 2.44. The fourth-order valence-corrected chi connectivity index (χ4v) is 2.70. The zero-order valence-corrected chi connectivity index (χ0v) is 13.8. The minimum Gasteiger partial charge on any atom is -0.493 e. The van der Waals surface area contributed by atoms with Crippen molar-refractivity contribution in [2.24, 2.45) is 0 Å². The highest BCUT2D eigenvalue weighted by molar-refractivity contribution is 5.96. The van der Waals surface area contributed by atoms with Crippen molar-refractivity contribution >= 4 is 18.2 Å². The molecule has 0 saturated carbocycles. The maximum absolute atomic E-state index is 12.7. The number of benzene rings is 2. The molecular weight excluding hydrogens is 324 g/mol. The predicted molar refractivity (Wildman–Crippen MR) is 88.0 cm³/mol. The lowest BCUT2D eigenvalue weighted by molar-refractivity contribution is -0.155. The summed E-state index contributed by atoms with van der Waals surface area (Å²) in [5.74, 6) is -0.926. The number of aldehydes is 1. The molecular formula is C19H16O6. The topological polar surface area (TPSA) is 78.9 Å². The smallest absolute Gasteiger partial charge is 0.356 e. The number of esters is 2. The lowest BCUT2D eigenvalue weighted by Gasteiger charge is -2.32. The van der Waals surface area contributed by atoms with Gasteiger partial charge in [0.05, 0.1) is 12.7 Å². The molecule has 1 aliphatic rings. The average molecular weight is 340 g/mol. The Bertz CT molecular complexity index is 857. The van der Waals surface area contributed by atoms with Gasteiger partial charge in [-0.25, -0.2) is 9.59 Å². The van der Waals surface area contributed by atoms with Gasteiger partial charge in [0.25, 0.3) is 0 Å². The van der Waals surface area contributed by atoms with Gasteiger partial charge in [-0.05, 0) is 36.8 Å². The zero-order valence-electron chi connectivity index (χ0n) is 13.8. The molecule has 1 aliphatic heterocycles. The van der Waals surface area contributed by atoms with E-state index < -0.39 is 17.5 Å². The van der Waals surface area contributed by atoms with Crippen LogP contribution in [0, 0.1) is 0 Å². The summed E-state index contributed by atoms with van der Waals surface area (Å²) in [7, 11) is 1.42. The lowest BCUT2D eigenvalue weighted by Crippen LogP contribution is -2.48. The molecule has 2 aromatic rings. The number of ether oxygens (including phenoxy) is 3. The fourth-order valence-electron chi connectivity index (χ4n) is 2.70. The molecule has 128 valence electrons. The molecule has 0 spiro atoms. The first kappa shape index (κ1) is 16.7. The Morgan fingerprint density at radius 2 is 1.96 bits per heavy atom. The quantitative estimate of drug-likeness (QED) is 0.483. The fraction of sp³-hybridized carbons (Fsp3) is 0.211. The van der Waals surface area contributed by atoms with E-state index in [4.69, 9.17) is 14.2 Å². The van der Waals surface area contributed by atoms with Crippen LogP contribution in [-0.2, 0) is 16.0 Å². The third kappa shape index (κ3) is 3.10. The number of rotatable bonds is 4. The van der Waals surface area contributed by atoms with Crippen molar-refractivity contribution in [2.45, 2.75) is 18.9 Å². The first-order valence-corrected chi connectivity index (χ1v) is 7.63. The van der Waals surface area contributed by atoms with Gasteiger partial charge < -0.3 is 14.2 Å². The highest BCUT2D eigenvalue weighted by atomic mass is 16.6. The van der Waals surface area contributed by atoms with Crippen molar-refractivity contribution in [1.82, 2.24) is 0 Å². The molecule has 0 aromatic heterocycles. The monoisotopic (exact) mass is 340 g/mol. The van der Waals surface area contributed by atoms with Crippen LogP contribution in [0.1, 0.15) is 33.2 Å². The van der Waals surface area contributed by atoms with Crippen LogP contribution in [0.15, 0.2) is 42.5 Å². The van der Waals surface area contributed by atoms with Crippen LogP contribution in [0.3, 0.4) is 0 Å². The lowest BCUT2D eigenvalue weighted by atomic mass is 9.90. The van der Waals surface area contributed by atoms with Crippen LogP contribution in [0.5, 0.6) is 11.5 Å². The van der Waals surface area contributed by atoms with Crippen LogP contribution in [-0.4, -0.2) is 30.9 Å². The van der Waals surface area contributed by atoms with Gasteiger partial charge in [-0.2, -0.15) is 0 Å². The minimum absolute atomic E-state index is 0.0910. The van der Waals surface area contributed by atoms with E-state index in [1.165, 1.54) is 26.2 Å².